The lowest BCUT2D eigenvalue weighted by atomic mass is 9.91. The zero-order valence-electron chi connectivity index (χ0n) is 21.2. The number of rotatable bonds is 8. The highest BCUT2D eigenvalue weighted by Gasteiger charge is 2.39. The molecule has 2 aliphatic carbocycles. The van der Waals surface area contributed by atoms with E-state index in [-0.39, 0.29) is 5.92 Å². The fourth-order valence-corrected chi connectivity index (χ4v) is 5.45. The van der Waals surface area contributed by atoms with Crippen molar-refractivity contribution in [3.8, 4) is 0 Å². The Morgan fingerprint density at radius 3 is 2.56 bits per heavy atom. The van der Waals surface area contributed by atoms with Crippen LogP contribution in [0.5, 0.6) is 0 Å². The molecule has 2 aromatic heterocycles. The van der Waals surface area contributed by atoms with E-state index in [1.807, 2.05) is 22.7 Å². The minimum absolute atomic E-state index is 0.220. The fourth-order valence-electron chi connectivity index (χ4n) is 5.15. The smallest absolute Gasteiger partial charge is 0.175 e. The molecule has 2 N–H and O–H groups in total. The predicted octanol–water partition coefficient (Wildman–Crippen LogP) is 5.92. The van der Waals surface area contributed by atoms with Crippen LogP contribution < -0.4 is 10.6 Å². The second-order valence-corrected chi connectivity index (χ2v) is 10.5. The number of allylic oxidation sites excluding steroid dienone is 1. The summed E-state index contributed by atoms with van der Waals surface area (Å²) in [6.45, 7) is 3.07. The first-order chi connectivity index (χ1) is 17.5. The third-order valence-corrected chi connectivity index (χ3v) is 7.87. The van der Waals surface area contributed by atoms with Gasteiger partial charge in [-0.2, -0.15) is 0 Å². The molecule has 2 unspecified atom stereocenters. The van der Waals surface area contributed by atoms with Crippen molar-refractivity contribution in [2.24, 2.45) is 0 Å². The molecule has 2 heterocycles. The standard InChI is InChI=1S/C29H35ClN4O2/c1-20-4-6-21(7-5-20)18-31-22-8-10-23(11-9-22)32-24-14-15-34-19-27(33-28(34)16-24)26-13-12-25(35-2)17-29(26,30)36-3/h4-7,12-17,19,22-23,26,31-32H,8-11,18H2,1-3H3/t22-,23+,26?,29?. The molecule has 1 fully saturated rings. The number of imidazole rings is 1. The molecule has 2 aliphatic rings. The number of ether oxygens (including phenoxy) is 2. The summed E-state index contributed by atoms with van der Waals surface area (Å²) in [4.78, 5) is 4.88. The van der Waals surface area contributed by atoms with Crippen LogP contribution in [0.2, 0.25) is 0 Å². The third-order valence-electron chi connectivity index (χ3n) is 7.38. The minimum Gasteiger partial charge on any atom is -0.497 e. The SMILES string of the molecule is COC1=CC(Cl)(OC)C(c2cn3ccc(N[C@H]4CC[C@@H](NCc5ccc(C)cc5)CC4)cc3n2)C=C1. The lowest BCUT2D eigenvalue weighted by molar-refractivity contribution is 0.0852. The number of hydrogen-bond donors (Lipinski definition) is 2. The Bertz CT molecular complexity index is 1240. The van der Waals surface area contributed by atoms with E-state index in [0.29, 0.717) is 17.8 Å². The van der Waals surface area contributed by atoms with E-state index in [2.05, 4.69) is 60.2 Å². The molecule has 0 saturated heterocycles. The summed E-state index contributed by atoms with van der Waals surface area (Å²) >= 11 is 6.80. The summed E-state index contributed by atoms with van der Waals surface area (Å²) in [7, 11) is 3.23. The number of hydrogen-bond acceptors (Lipinski definition) is 5. The maximum absolute atomic E-state index is 6.80. The second kappa shape index (κ2) is 10.7. The van der Waals surface area contributed by atoms with Gasteiger partial charge in [-0.3, -0.25) is 0 Å². The molecule has 1 saturated carbocycles. The zero-order valence-corrected chi connectivity index (χ0v) is 22.0. The van der Waals surface area contributed by atoms with Gasteiger partial charge in [0.05, 0.1) is 18.7 Å². The van der Waals surface area contributed by atoms with Gasteiger partial charge in [-0.05, 0) is 50.3 Å². The molecule has 0 aliphatic heterocycles. The van der Waals surface area contributed by atoms with Gasteiger partial charge in [0.2, 0.25) is 0 Å². The van der Waals surface area contributed by atoms with Crippen molar-refractivity contribution in [2.75, 3.05) is 19.5 Å². The molecule has 5 rings (SSSR count). The van der Waals surface area contributed by atoms with Crippen molar-refractivity contribution in [2.45, 2.75) is 62.2 Å². The molecule has 0 radical (unpaired) electrons. The number of pyridine rings is 1. The highest BCUT2D eigenvalue weighted by Crippen LogP contribution is 2.41. The zero-order chi connectivity index (χ0) is 25.1. The molecular weight excluding hydrogens is 472 g/mol. The topological polar surface area (TPSA) is 59.8 Å². The van der Waals surface area contributed by atoms with E-state index < -0.39 is 5.06 Å². The van der Waals surface area contributed by atoms with Crippen LogP contribution in [0.1, 0.15) is 48.4 Å². The van der Waals surface area contributed by atoms with Crippen LogP contribution in [-0.2, 0) is 16.0 Å². The molecule has 6 nitrogen and oxygen atoms in total. The summed E-state index contributed by atoms with van der Waals surface area (Å²) in [5.41, 5.74) is 5.49. The summed E-state index contributed by atoms with van der Waals surface area (Å²) in [5, 5.41) is 6.43. The second-order valence-electron chi connectivity index (χ2n) is 9.90. The van der Waals surface area contributed by atoms with E-state index in [1.165, 1.54) is 24.0 Å². The fraction of sp³-hybridized carbons (Fsp3) is 0.414. The van der Waals surface area contributed by atoms with Crippen LogP contribution in [-0.4, -0.2) is 40.7 Å². The van der Waals surface area contributed by atoms with Gasteiger partial charge in [-0.1, -0.05) is 47.5 Å². The molecule has 3 aromatic rings. The van der Waals surface area contributed by atoms with Crippen LogP contribution >= 0.6 is 11.6 Å². The third kappa shape index (κ3) is 5.46. The Morgan fingerprint density at radius 2 is 1.83 bits per heavy atom. The van der Waals surface area contributed by atoms with Crippen LogP contribution in [0.4, 0.5) is 5.69 Å². The molecular formula is C29H35ClN4O2. The van der Waals surface area contributed by atoms with Gasteiger partial charge in [0.15, 0.2) is 5.06 Å². The molecule has 2 atom stereocenters. The number of alkyl halides is 1. The summed E-state index contributed by atoms with van der Waals surface area (Å²) < 4.78 is 13.0. The average molecular weight is 507 g/mol. The molecule has 190 valence electrons. The average Bonchev–Trinajstić information content (AvgIpc) is 3.32. The van der Waals surface area contributed by atoms with Crippen LogP contribution in [0.25, 0.3) is 5.65 Å². The first kappa shape index (κ1) is 24.9. The summed E-state index contributed by atoms with van der Waals surface area (Å²) in [6.07, 6.45) is 14.4. The van der Waals surface area contributed by atoms with Gasteiger partial charge < -0.3 is 24.5 Å². The predicted molar refractivity (Wildman–Crippen MR) is 145 cm³/mol. The van der Waals surface area contributed by atoms with Crippen LogP contribution in [0, 0.1) is 6.92 Å². The molecule has 1 aromatic carbocycles. The van der Waals surface area contributed by atoms with E-state index in [9.17, 15) is 0 Å². The Kier molecular flexibility index (Phi) is 7.37. The minimum atomic E-state index is -1.04. The Balaban J connectivity index is 1.19. The van der Waals surface area contributed by atoms with Gasteiger partial charge in [-0.15, -0.1) is 0 Å². The largest absolute Gasteiger partial charge is 0.497 e. The monoisotopic (exact) mass is 506 g/mol. The van der Waals surface area contributed by atoms with E-state index in [4.69, 9.17) is 26.1 Å². The van der Waals surface area contributed by atoms with Crippen molar-refractivity contribution in [1.82, 2.24) is 14.7 Å². The van der Waals surface area contributed by atoms with Crippen LogP contribution in [0.3, 0.4) is 0 Å². The highest BCUT2D eigenvalue weighted by atomic mass is 35.5. The number of aryl methyl sites for hydroxylation is 1. The van der Waals surface area contributed by atoms with Crippen LogP contribution in [0.15, 0.2) is 72.8 Å². The highest BCUT2D eigenvalue weighted by molar-refractivity contribution is 6.25. The van der Waals surface area contributed by atoms with Crippen molar-refractivity contribution >= 4 is 22.9 Å². The lowest BCUT2D eigenvalue weighted by Gasteiger charge is -2.31. The Labute approximate surface area is 218 Å². The first-order valence-corrected chi connectivity index (χ1v) is 13.1. The number of halogens is 1. The maximum atomic E-state index is 6.80. The number of aromatic nitrogens is 2. The molecule has 0 amide bonds. The number of fused-ring (bicyclic) bond motifs is 1. The van der Waals surface area contributed by atoms with E-state index >= 15 is 0 Å². The first-order valence-electron chi connectivity index (χ1n) is 12.7. The number of methoxy groups -OCH3 is 2. The molecule has 36 heavy (non-hydrogen) atoms. The maximum Gasteiger partial charge on any atom is 0.175 e. The number of benzene rings is 1. The summed E-state index contributed by atoms with van der Waals surface area (Å²) in [5.74, 6) is 0.459. The van der Waals surface area contributed by atoms with Gasteiger partial charge in [0, 0.05) is 56.0 Å². The number of nitrogens with one attached hydrogen (secondary N) is 2. The van der Waals surface area contributed by atoms with E-state index in [0.717, 1.165) is 36.4 Å². The van der Waals surface area contributed by atoms with Crippen molar-refractivity contribution in [3.05, 3.63) is 89.6 Å². The lowest BCUT2D eigenvalue weighted by Crippen LogP contribution is -2.36. The van der Waals surface area contributed by atoms with Gasteiger partial charge in [0.25, 0.3) is 0 Å². The normalized spacial score (nSPS) is 26.1. The molecule has 7 heteroatoms. The molecule has 0 spiro atoms. The Hall–Kier alpha value is -2.80. The number of nitrogens with zero attached hydrogens (tertiary/aromatic N) is 2. The Morgan fingerprint density at radius 1 is 1.08 bits per heavy atom. The van der Waals surface area contributed by atoms with Gasteiger partial charge in [0.1, 0.15) is 11.4 Å². The van der Waals surface area contributed by atoms with Gasteiger partial charge >= 0.3 is 0 Å². The van der Waals surface area contributed by atoms with Crippen molar-refractivity contribution in [3.63, 3.8) is 0 Å². The van der Waals surface area contributed by atoms with Gasteiger partial charge in [-0.25, -0.2) is 4.98 Å². The molecule has 0 bridgehead atoms. The summed E-state index contributed by atoms with van der Waals surface area (Å²) in [6, 6.07) is 14.1. The van der Waals surface area contributed by atoms with Crippen molar-refractivity contribution < 1.29 is 9.47 Å². The van der Waals surface area contributed by atoms with E-state index in [1.54, 1.807) is 20.3 Å². The number of anilines is 1. The quantitative estimate of drug-likeness (QED) is 0.371. The van der Waals surface area contributed by atoms with Crippen molar-refractivity contribution in [1.29, 1.82) is 0 Å².